The van der Waals surface area contributed by atoms with Gasteiger partial charge in [-0.3, -0.25) is 14.6 Å². The first-order valence-electron chi connectivity index (χ1n) is 15.4. The molecule has 0 radical (unpaired) electrons. The molecular weight excluding hydrogens is 574 g/mol. The van der Waals surface area contributed by atoms with E-state index in [4.69, 9.17) is 19.2 Å². The van der Waals surface area contributed by atoms with Crippen molar-refractivity contribution < 1.29 is 28.6 Å². The monoisotopic (exact) mass is 617 g/mol. The fourth-order valence-electron chi connectivity index (χ4n) is 5.41. The molecule has 2 fully saturated rings. The summed E-state index contributed by atoms with van der Waals surface area (Å²) in [7, 11) is 0. The fourth-order valence-corrected chi connectivity index (χ4v) is 5.41. The van der Waals surface area contributed by atoms with Gasteiger partial charge in [-0.1, -0.05) is 36.4 Å². The van der Waals surface area contributed by atoms with Gasteiger partial charge in [-0.15, -0.1) is 0 Å². The molecule has 11 nitrogen and oxygen atoms in total. The molecule has 3 heterocycles. The third kappa shape index (κ3) is 8.02. The summed E-state index contributed by atoms with van der Waals surface area (Å²) >= 11 is 0. The molecule has 3 aromatic rings. The van der Waals surface area contributed by atoms with E-state index >= 15 is 0 Å². The van der Waals surface area contributed by atoms with Crippen LogP contribution in [0.1, 0.15) is 66.3 Å². The van der Waals surface area contributed by atoms with Crippen molar-refractivity contribution in [2.75, 3.05) is 31.6 Å². The topological polar surface area (TPSA) is 126 Å². The van der Waals surface area contributed by atoms with E-state index in [2.05, 4.69) is 10.3 Å². The SMILES string of the molecule is CC(C)(C)OC(=O)N1CCC[C@H]1C(=O)Nc1ccc(-c2ccc(-c3c[nH]c([C@@H]4COCCN4C(=O)OC(C)(C)C)n3)cc2)cc1. The van der Waals surface area contributed by atoms with Crippen molar-refractivity contribution in [2.24, 2.45) is 0 Å². The van der Waals surface area contributed by atoms with Crippen LogP contribution in [0, 0.1) is 0 Å². The van der Waals surface area contributed by atoms with Gasteiger partial charge in [0.2, 0.25) is 5.91 Å². The molecule has 0 unspecified atom stereocenters. The molecule has 1 aromatic heterocycles. The Hall–Kier alpha value is -4.38. The van der Waals surface area contributed by atoms with E-state index in [-0.39, 0.29) is 18.0 Å². The molecule has 0 saturated carbocycles. The smallest absolute Gasteiger partial charge is 0.411 e. The molecule has 240 valence electrons. The van der Waals surface area contributed by atoms with Crippen LogP contribution in [0.2, 0.25) is 0 Å². The molecule has 11 heteroatoms. The van der Waals surface area contributed by atoms with Gasteiger partial charge in [0.15, 0.2) is 0 Å². The Kier molecular flexibility index (Phi) is 9.20. The number of carbonyl (C=O) groups is 3. The molecule has 45 heavy (non-hydrogen) atoms. The third-order valence-corrected chi connectivity index (χ3v) is 7.52. The maximum Gasteiger partial charge on any atom is 0.411 e. The van der Waals surface area contributed by atoms with Crippen molar-refractivity contribution in [1.82, 2.24) is 19.8 Å². The van der Waals surface area contributed by atoms with Crippen LogP contribution in [0.5, 0.6) is 0 Å². The van der Waals surface area contributed by atoms with Crippen molar-refractivity contribution in [1.29, 1.82) is 0 Å². The quantitative estimate of drug-likeness (QED) is 0.340. The number of carbonyl (C=O) groups excluding carboxylic acids is 3. The molecule has 2 aromatic carbocycles. The first-order valence-corrected chi connectivity index (χ1v) is 15.4. The Morgan fingerprint density at radius 2 is 1.42 bits per heavy atom. The third-order valence-electron chi connectivity index (χ3n) is 7.52. The van der Waals surface area contributed by atoms with Gasteiger partial charge in [-0.25, -0.2) is 14.6 Å². The maximum absolute atomic E-state index is 13.0. The highest BCUT2D eigenvalue weighted by molar-refractivity contribution is 5.97. The van der Waals surface area contributed by atoms with E-state index in [1.54, 1.807) is 4.90 Å². The average molecular weight is 618 g/mol. The molecular formula is C34H43N5O6. The number of rotatable bonds is 5. The Labute approximate surface area is 264 Å². The summed E-state index contributed by atoms with van der Waals surface area (Å²) in [5.41, 5.74) is 3.14. The predicted molar refractivity (Wildman–Crippen MR) is 171 cm³/mol. The zero-order chi connectivity index (χ0) is 32.4. The summed E-state index contributed by atoms with van der Waals surface area (Å²) in [5.74, 6) is 0.423. The summed E-state index contributed by atoms with van der Waals surface area (Å²) in [6.07, 6.45) is 2.34. The van der Waals surface area contributed by atoms with E-state index in [9.17, 15) is 14.4 Å². The highest BCUT2D eigenvalue weighted by Gasteiger charge is 2.37. The number of aromatic nitrogens is 2. The lowest BCUT2D eigenvalue weighted by Gasteiger charge is -2.35. The fraction of sp³-hybridized carbons (Fsp3) is 0.471. The highest BCUT2D eigenvalue weighted by atomic mass is 16.6. The lowest BCUT2D eigenvalue weighted by molar-refractivity contribution is -0.120. The second-order valence-electron chi connectivity index (χ2n) is 13.4. The van der Waals surface area contributed by atoms with Crippen LogP contribution in [-0.2, 0) is 19.0 Å². The first kappa shape index (κ1) is 32.0. The second-order valence-corrected chi connectivity index (χ2v) is 13.4. The number of amides is 3. The van der Waals surface area contributed by atoms with Gasteiger partial charge in [0.1, 0.15) is 29.1 Å². The maximum atomic E-state index is 13.0. The van der Waals surface area contributed by atoms with Gasteiger partial charge < -0.3 is 24.5 Å². The number of H-pyrrole nitrogens is 1. The molecule has 2 N–H and O–H groups in total. The van der Waals surface area contributed by atoms with Crippen molar-refractivity contribution in [3.63, 3.8) is 0 Å². The lowest BCUT2D eigenvalue weighted by Crippen LogP contribution is -2.46. The van der Waals surface area contributed by atoms with Crippen LogP contribution in [0.4, 0.5) is 15.3 Å². The normalized spacial score (nSPS) is 18.9. The van der Waals surface area contributed by atoms with Gasteiger partial charge in [0.25, 0.3) is 0 Å². The largest absolute Gasteiger partial charge is 0.444 e. The number of morpholine rings is 1. The number of hydrogen-bond acceptors (Lipinski definition) is 7. The predicted octanol–water partition coefficient (Wildman–Crippen LogP) is 6.39. The number of aromatic amines is 1. The molecule has 2 aliphatic heterocycles. The van der Waals surface area contributed by atoms with Crippen LogP contribution < -0.4 is 5.32 Å². The number of likely N-dealkylation sites (tertiary alicyclic amines) is 1. The summed E-state index contributed by atoms with van der Waals surface area (Å²) in [4.78, 5) is 49.6. The molecule has 5 rings (SSSR count). The van der Waals surface area contributed by atoms with Crippen molar-refractivity contribution >= 4 is 23.8 Å². The zero-order valence-electron chi connectivity index (χ0n) is 26.9. The molecule has 0 spiro atoms. The number of hydrogen-bond donors (Lipinski definition) is 2. The summed E-state index contributed by atoms with van der Waals surface area (Å²) in [6.45, 7) is 12.7. The van der Waals surface area contributed by atoms with Gasteiger partial charge >= 0.3 is 12.2 Å². The number of anilines is 1. The van der Waals surface area contributed by atoms with Crippen LogP contribution >= 0.6 is 0 Å². The van der Waals surface area contributed by atoms with E-state index in [1.807, 2.05) is 96.3 Å². The first-order chi connectivity index (χ1) is 21.3. The summed E-state index contributed by atoms with van der Waals surface area (Å²) < 4.78 is 16.7. The number of imidazole rings is 1. The van der Waals surface area contributed by atoms with Gasteiger partial charge in [-0.2, -0.15) is 0 Å². The Morgan fingerprint density at radius 3 is 2.04 bits per heavy atom. The van der Waals surface area contributed by atoms with Crippen molar-refractivity contribution in [3.8, 4) is 22.4 Å². The van der Waals surface area contributed by atoms with E-state index in [0.29, 0.717) is 44.2 Å². The van der Waals surface area contributed by atoms with E-state index in [0.717, 1.165) is 28.8 Å². The minimum atomic E-state index is -0.620. The van der Waals surface area contributed by atoms with Gasteiger partial charge in [0, 0.05) is 30.5 Å². The number of nitrogens with zero attached hydrogens (tertiary/aromatic N) is 3. The Bertz CT molecular complexity index is 1500. The van der Waals surface area contributed by atoms with Gasteiger partial charge in [-0.05, 0) is 77.6 Å². The van der Waals surface area contributed by atoms with Crippen LogP contribution in [0.25, 0.3) is 22.4 Å². The number of ether oxygens (including phenoxy) is 3. The molecule has 2 saturated heterocycles. The van der Waals surface area contributed by atoms with Crippen LogP contribution in [-0.4, -0.2) is 81.4 Å². The Balaban J connectivity index is 1.21. The molecule has 2 aliphatic rings. The van der Waals surface area contributed by atoms with Crippen molar-refractivity contribution in [2.45, 2.75) is 77.7 Å². The van der Waals surface area contributed by atoms with Gasteiger partial charge in [0.05, 0.1) is 18.9 Å². The molecule has 0 bridgehead atoms. The van der Waals surface area contributed by atoms with Crippen molar-refractivity contribution in [3.05, 3.63) is 60.6 Å². The number of nitrogens with one attached hydrogen (secondary N) is 2. The van der Waals surface area contributed by atoms with E-state index < -0.39 is 23.3 Å². The standard InChI is InChI=1S/C34H43N5O6/c1-33(2,3)44-31(41)38-17-7-8-27(38)30(40)36-25-15-13-23(14-16-25)22-9-11-24(12-10-22)26-20-35-29(37-26)28-21-43-19-18-39(28)32(42)45-34(4,5)6/h9-16,20,27-28H,7-8,17-19,21H2,1-6H3,(H,35,37)(H,36,40)/t27-,28-/m0/s1. The minimum absolute atomic E-state index is 0.220. The molecule has 2 atom stereocenters. The van der Waals surface area contributed by atoms with E-state index in [1.165, 1.54) is 4.90 Å². The van der Waals surface area contributed by atoms with Crippen LogP contribution in [0.15, 0.2) is 54.7 Å². The van der Waals surface area contributed by atoms with Crippen LogP contribution in [0.3, 0.4) is 0 Å². The second kappa shape index (κ2) is 12.9. The highest BCUT2D eigenvalue weighted by Crippen LogP contribution is 2.29. The number of benzene rings is 2. The summed E-state index contributed by atoms with van der Waals surface area (Å²) in [5, 5.41) is 2.95. The summed E-state index contributed by atoms with van der Waals surface area (Å²) in [6, 6.07) is 14.7. The minimum Gasteiger partial charge on any atom is -0.444 e. The zero-order valence-corrected chi connectivity index (χ0v) is 26.9. The average Bonchev–Trinajstić information content (AvgIpc) is 3.67. The lowest BCUT2D eigenvalue weighted by atomic mass is 10.0. The molecule has 0 aliphatic carbocycles. The molecule has 3 amide bonds. The Morgan fingerprint density at radius 1 is 0.844 bits per heavy atom.